The van der Waals surface area contributed by atoms with Crippen LogP contribution in [-0.4, -0.2) is 24.8 Å². The lowest BCUT2D eigenvalue weighted by molar-refractivity contribution is 0.0577. The third-order valence-corrected chi connectivity index (χ3v) is 3.62. The average Bonchev–Trinajstić information content (AvgIpc) is 2.49. The number of carbonyl (C=O) groups excluding carboxylic acids is 1. The molecule has 4 heteroatoms. The highest BCUT2D eigenvalue weighted by Crippen LogP contribution is 2.32. The molecule has 1 aromatic rings. The maximum absolute atomic E-state index is 12.6. The van der Waals surface area contributed by atoms with E-state index in [1.165, 1.54) is 5.56 Å². The molecule has 2 rings (SSSR count). The Balaban J connectivity index is 2.23. The molecule has 124 valence electrons. The van der Waals surface area contributed by atoms with Crippen LogP contribution in [0, 0.1) is 11.8 Å². The lowest BCUT2D eigenvalue weighted by Crippen LogP contribution is -2.40. The molecular formula is C19H26N2O2. The normalized spacial score (nSPS) is 13.8. The Morgan fingerprint density at radius 2 is 2.17 bits per heavy atom. The number of fused-ring (bicyclic) bond motifs is 1. The zero-order chi connectivity index (χ0) is 16.9. The summed E-state index contributed by atoms with van der Waals surface area (Å²) in [5, 5.41) is 3.31. The smallest absolute Gasteiger partial charge is 0.414 e. The number of benzene rings is 1. The van der Waals surface area contributed by atoms with Crippen molar-refractivity contribution in [2.24, 2.45) is 0 Å². The van der Waals surface area contributed by atoms with E-state index in [2.05, 4.69) is 35.4 Å². The molecule has 4 nitrogen and oxygen atoms in total. The van der Waals surface area contributed by atoms with Gasteiger partial charge in [0.2, 0.25) is 0 Å². The van der Waals surface area contributed by atoms with Gasteiger partial charge in [0.1, 0.15) is 5.60 Å². The van der Waals surface area contributed by atoms with E-state index >= 15 is 0 Å². The van der Waals surface area contributed by atoms with E-state index in [0.717, 1.165) is 24.1 Å². The number of carbonyl (C=O) groups is 1. The zero-order valence-electron chi connectivity index (χ0n) is 14.5. The molecule has 0 aliphatic carbocycles. The van der Waals surface area contributed by atoms with Gasteiger partial charge in [0, 0.05) is 13.1 Å². The van der Waals surface area contributed by atoms with Crippen molar-refractivity contribution in [2.45, 2.75) is 52.7 Å². The van der Waals surface area contributed by atoms with Crippen LogP contribution < -0.4 is 10.2 Å². The molecule has 0 bridgehead atoms. The number of nitrogens with zero attached hydrogens (tertiary/aromatic N) is 1. The van der Waals surface area contributed by atoms with Crippen LogP contribution in [0.2, 0.25) is 0 Å². The number of ether oxygens (including phenoxy) is 1. The van der Waals surface area contributed by atoms with Crippen LogP contribution in [0.4, 0.5) is 10.5 Å². The number of para-hydroxylation sites is 1. The highest BCUT2D eigenvalue weighted by atomic mass is 16.6. The summed E-state index contributed by atoms with van der Waals surface area (Å²) in [6.45, 7) is 9.56. The van der Waals surface area contributed by atoms with Crippen LogP contribution in [0.1, 0.15) is 45.2 Å². The molecule has 1 N–H and O–H groups in total. The van der Waals surface area contributed by atoms with E-state index in [0.29, 0.717) is 19.6 Å². The van der Waals surface area contributed by atoms with E-state index in [1.54, 1.807) is 4.90 Å². The summed E-state index contributed by atoms with van der Waals surface area (Å²) in [6.07, 6.45) is 1.70. The third-order valence-electron chi connectivity index (χ3n) is 3.62. The number of anilines is 1. The first-order chi connectivity index (χ1) is 10.9. The Bertz CT molecular complexity index is 620. The van der Waals surface area contributed by atoms with Gasteiger partial charge in [-0.3, -0.25) is 4.90 Å². The van der Waals surface area contributed by atoms with Gasteiger partial charge in [-0.2, -0.15) is 0 Å². The number of hydrogen-bond donors (Lipinski definition) is 1. The first-order valence-corrected chi connectivity index (χ1v) is 8.14. The largest absolute Gasteiger partial charge is 0.443 e. The molecule has 0 fully saturated rings. The molecule has 0 atom stereocenters. The fourth-order valence-electron chi connectivity index (χ4n) is 2.72. The van der Waals surface area contributed by atoms with Gasteiger partial charge in [0.25, 0.3) is 0 Å². The van der Waals surface area contributed by atoms with E-state index in [9.17, 15) is 4.79 Å². The lowest BCUT2D eigenvalue weighted by atomic mass is 9.98. The molecule has 1 aromatic carbocycles. The maximum atomic E-state index is 12.6. The molecule has 0 radical (unpaired) electrons. The van der Waals surface area contributed by atoms with Gasteiger partial charge in [-0.1, -0.05) is 24.1 Å². The Morgan fingerprint density at radius 3 is 2.87 bits per heavy atom. The van der Waals surface area contributed by atoms with Crippen LogP contribution in [-0.2, 0) is 17.7 Å². The average molecular weight is 314 g/mol. The molecule has 23 heavy (non-hydrogen) atoms. The quantitative estimate of drug-likeness (QED) is 0.686. The number of amides is 1. The van der Waals surface area contributed by atoms with Crippen molar-refractivity contribution >= 4 is 11.8 Å². The van der Waals surface area contributed by atoms with Crippen LogP contribution >= 0.6 is 0 Å². The Labute approximate surface area is 139 Å². The lowest BCUT2D eigenvalue weighted by Gasteiger charge is -2.33. The van der Waals surface area contributed by atoms with Crippen LogP contribution in [0.25, 0.3) is 0 Å². The number of rotatable bonds is 3. The summed E-state index contributed by atoms with van der Waals surface area (Å²) in [4.78, 5) is 14.4. The highest BCUT2D eigenvalue weighted by molar-refractivity contribution is 5.90. The first kappa shape index (κ1) is 17.4. The Hall–Kier alpha value is -1.99. The van der Waals surface area contributed by atoms with E-state index in [-0.39, 0.29) is 6.09 Å². The van der Waals surface area contributed by atoms with Crippen molar-refractivity contribution < 1.29 is 9.53 Å². The summed E-state index contributed by atoms with van der Waals surface area (Å²) >= 11 is 0. The molecule has 0 spiro atoms. The van der Waals surface area contributed by atoms with E-state index < -0.39 is 5.60 Å². The predicted octanol–water partition coefficient (Wildman–Crippen LogP) is 3.49. The fourth-order valence-corrected chi connectivity index (χ4v) is 2.72. The summed E-state index contributed by atoms with van der Waals surface area (Å²) in [6, 6.07) is 6.22. The molecule has 1 aliphatic heterocycles. The number of hydrogen-bond acceptors (Lipinski definition) is 3. The monoisotopic (exact) mass is 314 g/mol. The van der Waals surface area contributed by atoms with Gasteiger partial charge in [0.05, 0.1) is 12.2 Å². The minimum atomic E-state index is -0.487. The summed E-state index contributed by atoms with van der Waals surface area (Å²) < 4.78 is 5.58. The molecule has 0 aromatic heterocycles. The van der Waals surface area contributed by atoms with Crippen molar-refractivity contribution in [1.82, 2.24) is 5.32 Å². The predicted molar refractivity (Wildman–Crippen MR) is 93.5 cm³/mol. The molecular weight excluding hydrogens is 288 g/mol. The zero-order valence-corrected chi connectivity index (χ0v) is 14.5. The minimum absolute atomic E-state index is 0.265. The summed E-state index contributed by atoms with van der Waals surface area (Å²) in [5.41, 5.74) is 2.84. The molecule has 1 heterocycles. The highest BCUT2D eigenvalue weighted by Gasteiger charge is 2.28. The fraction of sp³-hybridized carbons (Fsp3) is 0.526. The second kappa shape index (κ2) is 7.52. The van der Waals surface area contributed by atoms with Gasteiger partial charge in [-0.25, -0.2) is 4.79 Å². The summed E-state index contributed by atoms with van der Waals surface area (Å²) in [5.74, 6) is 5.87. The second-order valence-corrected chi connectivity index (χ2v) is 6.69. The van der Waals surface area contributed by atoms with Crippen LogP contribution in [0.3, 0.4) is 0 Å². The Morgan fingerprint density at radius 1 is 1.39 bits per heavy atom. The van der Waals surface area contributed by atoms with E-state index in [4.69, 9.17) is 4.74 Å². The molecule has 1 aliphatic rings. The van der Waals surface area contributed by atoms with Crippen molar-refractivity contribution in [3.05, 3.63) is 29.3 Å². The number of aryl methyl sites for hydroxylation is 1. The van der Waals surface area contributed by atoms with Crippen LogP contribution in [0.15, 0.2) is 18.2 Å². The van der Waals surface area contributed by atoms with Gasteiger partial charge in [0.15, 0.2) is 0 Å². The molecule has 0 saturated carbocycles. The van der Waals surface area contributed by atoms with Crippen molar-refractivity contribution in [3.8, 4) is 11.8 Å². The maximum Gasteiger partial charge on any atom is 0.414 e. The van der Waals surface area contributed by atoms with Gasteiger partial charge in [-0.15, -0.1) is 5.92 Å². The van der Waals surface area contributed by atoms with Crippen molar-refractivity contribution in [1.29, 1.82) is 0 Å². The Kier molecular flexibility index (Phi) is 5.68. The van der Waals surface area contributed by atoms with Gasteiger partial charge >= 0.3 is 6.09 Å². The van der Waals surface area contributed by atoms with Gasteiger partial charge < -0.3 is 10.1 Å². The minimum Gasteiger partial charge on any atom is -0.443 e. The third kappa shape index (κ3) is 4.74. The SMILES string of the molecule is CC#CCNCc1cccc2c1N(C(=O)OC(C)(C)C)CCC2. The standard InChI is InChI=1S/C19H26N2O2/c1-5-6-12-20-14-16-10-7-9-15-11-8-13-21(17(15)16)18(22)23-19(2,3)4/h7,9-10,20H,8,11-14H2,1-4H3. The van der Waals surface area contributed by atoms with Gasteiger partial charge in [-0.05, 0) is 51.7 Å². The van der Waals surface area contributed by atoms with Crippen LogP contribution in [0.5, 0.6) is 0 Å². The van der Waals surface area contributed by atoms with E-state index in [1.807, 2.05) is 27.7 Å². The van der Waals surface area contributed by atoms with Crippen molar-refractivity contribution in [2.75, 3.05) is 18.0 Å². The first-order valence-electron chi connectivity index (χ1n) is 8.14. The number of nitrogens with one attached hydrogen (secondary N) is 1. The second-order valence-electron chi connectivity index (χ2n) is 6.69. The topological polar surface area (TPSA) is 41.6 Å². The van der Waals surface area contributed by atoms with Crippen molar-refractivity contribution in [3.63, 3.8) is 0 Å². The molecule has 0 unspecified atom stereocenters. The molecule has 0 saturated heterocycles. The molecule has 1 amide bonds. The summed E-state index contributed by atoms with van der Waals surface area (Å²) in [7, 11) is 0.